The first-order valence-corrected chi connectivity index (χ1v) is 6.14. The van der Waals surface area contributed by atoms with Crippen molar-refractivity contribution in [3.63, 3.8) is 0 Å². The van der Waals surface area contributed by atoms with Crippen LogP contribution in [0.3, 0.4) is 0 Å². The zero-order valence-electron chi connectivity index (χ0n) is 9.17. The molecule has 0 bridgehead atoms. The van der Waals surface area contributed by atoms with Crippen molar-refractivity contribution < 1.29 is 14.6 Å². The summed E-state index contributed by atoms with van der Waals surface area (Å²) in [6, 6.07) is 3.45. The van der Waals surface area contributed by atoms with E-state index in [-0.39, 0.29) is 18.6 Å². The molecule has 0 spiro atoms. The van der Waals surface area contributed by atoms with Crippen molar-refractivity contribution in [3.05, 3.63) is 28.5 Å². The van der Waals surface area contributed by atoms with Crippen molar-refractivity contribution in [2.24, 2.45) is 0 Å². The van der Waals surface area contributed by atoms with Crippen molar-refractivity contribution in [1.82, 2.24) is 9.88 Å². The molecule has 17 heavy (non-hydrogen) atoms. The predicted octanol–water partition coefficient (Wildman–Crippen LogP) is 0.677. The monoisotopic (exact) mass is 300 g/mol. The highest BCUT2D eigenvalue weighted by Crippen LogP contribution is 2.16. The van der Waals surface area contributed by atoms with Crippen LogP contribution in [0, 0.1) is 0 Å². The van der Waals surface area contributed by atoms with Crippen LogP contribution in [-0.2, 0) is 4.74 Å². The van der Waals surface area contributed by atoms with E-state index < -0.39 is 0 Å². The Morgan fingerprint density at radius 3 is 3.24 bits per heavy atom. The molecule has 6 heteroatoms. The van der Waals surface area contributed by atoms with Gasteiger partial charge in [-0.05, 0) is 28.1 Å². The van der Waals surface area contributed by atoms with Gasteiger partial charge >= 0.3 is 0 Å². The van der Waals surface area contributed by atoms with Gasteiger partial charge < -0.3 is 14.7 Å². The van der Waals surface area contributed by atoms with Gasteiger partial charge in [0, 0.05) is 19.3 Å². The van der Waals surface area contributed by atoms with E-state index in [1.165, 1.54) is 0 Å². The number of carbonyl (C=O) groups excluding carboxylic acids is 1. The maximum atomic E-state index is 12.2. The summed E-state index contributed by atoms with van der Waals surface area (Å²) in [4.78, 5) is 17.9. The molecule has 0 radical (unpaired) electrons. The SMILES string of the molecule is O=C(c1cccnc1Br)N1CCOC(CO)C1. The molecule has 1 aliphatic rings. The van der Waals surface area contributed by atoms with E-state index in [0.717, 1.165) is 0 Å². The third-order valence-corrected chi connectivity index (χ3v) is 3.25. The quantitative estimate of drug-likeness (QED) is 0.816. The molecule has 1 unspecified atom stereocenters. The number of nitrogens with zero attached hydrogens (tertiary/aromatic N) is 2. The van der Waals surface area contributed by atoms with E-state index in [9.17, 15) is 4.79 Å². The smallest absolute Gasteiger partial charge is 0.256 e. The Labute approximate surface area is 108 Å². The molecule has 1 aromatic rings. The summed E-state index contributed by atoms with van der Waals surface area (Å²) >= 11 is 3.26. The Morgan fingerprint density at radius 1 is 1.71 bits per heavy atom. The highest BCUT2D eigenvalue weighted by molar-refractivity contribution is 9.10. The maximum absolute atomic E-state index is 12.2. The van der Waals surface area contributed by atoms with Crippen LogP contribution in [-0.4, -0.2) is 53.3 Å². The van der Waals surface area contributed by atoms with E-state index >= 15 is 0 Å². The molecule has 2 heterocycles. The fourth-order valence-electron chi connectivity index (χ4n) is 1.73. The molecule has 1 aliphatic heterocycles. The molecule has 1 aromatic heterocycles. The minimum absolute atomic E-state index is 0.0714. The molecule has 0 aromatic carbocycles. The van der Waals surface area contributed by atoms with Crippen LogP contribution in [0.15, 0.2) is 22.9 Å². The number of ether oxygens (including phenoxy) is 1. The van der Waals surface area contributed by atoms with Crippen LogP contribution < -0.4 is 0 Å². The number of halogens is 1. The van der Waals surface area contributed by atoms with E-state index in [0.29, 0.717) is 29.9 Å². The number of amides is 1. The predicted molar refractivity (Wildman–Crippen MR) is 64.7 cm³/mol. The molecule has 1 amide bonds. The fourth-order valence-corrected chi connectivity index (χ4v) is 2.15. The number of aromatic nitrogens is 1. The first-order valence-electron chi connectivity index (χ1n) is 5.34. The number of aliphatic hydroxyl groups excluding tert-OH is 1. The third-order valence-electron chi connectivity index (χ3n) is 2.62. The van der Waals surface area contributed by atoms with Crippen molar-refractivity contribution in [2.75, 3.05) is 26.3 Å². The highest BCUT2D eigenvalue weighted by Gasteiger charge is 2.25. The lowest BCUT2D eigenvalue weighted by Gasteiger charge is -2.32. The van der Waals surface area contributed by atoms with Gasteiger partial charge in [0.1, 0.15) is 4.60 Å². The number of rotatable bonds is 2. The van der Waals surface area contributed by atoms with Crippen molar-refractivity contribution >= 4 is 21.8 Å². The lowest BCUT2D eigenvalue weighted by molar-refractivity contribution is -0.0447. The van der Waals surface area contributed by atoms with Crippen molar-refractivity contribution in [1.29, 1.82) is 0 Å². The average Bonchev–Trinajstić information content (AvgIpc) is 2.38. The Morgan fingerprint density at radius 2 is 2.53 bits per heavy atom. The second-order valence-corrected chi connectivity index (χ2v) is 4.52. The van der Waals surface area contributed by atoms with Gasteiger partial charge in [0.15, 0.2) is 0 Å². The summed E-state index contributed by atoms with van der Waals surface area (Å²) in [5, 5.41) is 9.03. The van der Waals surface area contributed by atoms with Crippen LogP contribution in [0.2, 0.25) is 0 Å². The number of pyridine rings is 1. The van der Waals surface area contributed by atoms with E-state index in [2.05, 4.69) is 20.9 Å². The molecule has 5 nitrogen and oxygen atoms in total. The second kappa shape index (κ2) is 5.57. The molecule has 0 saturated carbocycles. The molecular weight excluding hydrogens is 288 g/mol. The van der Waals surface area contributed by atoms with Crippen LogP contribution in [0.1, 0.15) is 10.4 Å². The topological polar surface area (TPSA) is 62.7 Å². The van der Waals surface area contributed by atoms with Gasteiger partial charge in [-0.15, -0.1) is 0 Å². The summed E-state index contributed by atoms with van der Waals surface area (Å²) in [7, 11) is 0. The summed E-state index contributed by atoms with van der Waals surface area (Å²) in [5.74, 6) is -0.0910. The van der Waals surface area contributed by atoms with E-state index in [1.807, 2.05) is 0 Å². The largest absolute Gasteiger partial charge is 0.394 e. The zero-order chi connectivity index (χ0) is 12.3. The number of morpholine rings is 1. The summed E-state index contributed by atoms with van der Waals surface area (Å²) < 4.78 is 5.84. The summed E-state index contributed by atoms with van der Waals surface area (Å²) in [6.45, 7) is 1.33. The lowest BCUT2D eigenvalue weighted by Crippen LogP contribution is -2.47. The Kier molecular flexibility index (Phi) is 4.09. The lowest BCUT2D eigenvalue weighted by atomic mass is 10.2. The van der Waals surface area contributed by atoms with Crippen molar-refractivity contribution in [2.45, 2.75) is 6.10 Å². The van der Waals surface area contributed by atoms with Gasteiger partial charge in [-0.3, -0.25) is 4.79 Å². The molecular formula is C11H13BrN2O3. The summed E-state index contributed by atoms with van der Waals surface area (Å²) in [6.07, 6.45) is 1.33. The van der Waals surface area contributed by atoms with Crippen LogP contribution >= 0.6 is 15.9 Å². The molecule has 0 aliphatic carbocycles. The molecule has 1 atom stereocenters. The third kappa shape index (κ3) is 2.83. The highest BCUT2D eigenvalue weighted by atomic mass is 79.9. The van der Waals surface area contributed by atoms with Gasteiger partial charge in [-0.25, -0.2) is 4.98 Å². The molecule has 92 valence electrons. The number of carbonyl (C=O) groups is 1. The fraction of sp³-hybridized carbons (Fsp3) is 0.455. The number of hydrogen-bond acceptors (Lipinski definition) is 4. The van der Waals surface area contributed by atoms with Gasteiger partial charge in [0.25, 0.3) is 5.91 Å². The molecule has 1 saturated heterocycles. The molecule has 1 fully saturated rings. The number of aliphatic hydroxyl groups is 1. The van der Waals surface area contributed by atoms with E-state index in [4.69, 9.17) is 9.84 Å². The zero-order valence-corrected chi connectivity index (χ0v) is 10.8. The van der Waals surface area contributed by atoms with Gasteiger partial charge in [-0.2, -0.15) is 0 Å². The Bertz CT molecular complexity index is 413. The standard InChI is InChI=1S/C11H13BrN2O3/c12-10-9(2-1-3-13-10)11(16)14-4-5-17-8(6-14)7-15/h1-3,8,15H,4-7H2. The Hall–Kier alpha value is -0.980. The first kappa shape index (κ1) is 12.5. The molecule has 2 rings (SSSR count). The average molecular weight is 301 g/mol. The van der Waals surface area contributed by atoms with E-state index in [1.54, 1.807) is 23.2 Å². The Balaban J connectivity index is 2.12. The molecule has 1 N–H and O–H groups in total. The van der Waals surface area contributed by atoms with Gasteiger partial charge in [0.05, 0.1) is 24.9 Å². The van der Waals surface area contributed by atoms with Crippen LogP contribution in [0.25, 0.3) is 0 Å². The van der Waals surface area contributed by atoms with Gasteiger partial charge in [-0.1, -0.05) is 0 Å². The number of hydrogen-bond donors (Lipinski definition) is 1. The van der Waals surface area contributed by atoms with Gasteiger partial charge in [0.2, 0.25) is 0 Å². The van der Waals surface area contributed by atoms with Crippen molar-refractivity contribution in [3.8, 4) is 0 Å². The van der Waals surface area contributed by atoms with Crippen LogP contribution in [0.4, 0.5) is 0 Å². The minimum atomic E-state index is -0.289. The minimum Gasteiger partial charge on any atom is -0.394 e. The second-order valence-electron chi connectivity index (χ2n) is 3.77. The normalized spacial score (nSPS) is 20.4. The maximum Gasteiger partial charge on any atom is 0.256 e. The first-order chi connectivity index (χ1) is 8.22. The van der Waals surface area contributed by atoms with Crippen LogP contribution in [0.5, 0.6) is 0 Å². The summed E-state index contributed by atoms with van der Waals surface area (Å²) in [5.41, 5.74) is 0.533.